The predicted octanol–water partition coefficient (Wildman–Crippen LogP) is 3.15. The zero-order chi connectivity index (χ0) is 13.5. The molecule has 0 bridgehead atoms. The Morgan fingerprint density at radius 2 is 2.20 bits per heavy atom. The van der Waals surface area contributed by atoms with Crippen molar-refractivity contribution in [2.24, 2.45) is 0 Å². The Morgan fingerprint density at radius 3 is 3.05 bits per heavy atom. The molecule has 3 aromatic rings. The van der Waals surface area contributed by atoms with Crippen LogP contribution in [0.25, 0.3) is 10.9 Å². The summed E-state index contributed by atoms with van der Waals surface area (Å²) in [6, 6.07) is 7.56. The molecule has 2 N–H and O–H groups in total. The fourth-order valence-electron chi connectivity index (χ4n) is 2.14. The van der Waals surface area contributed by atoms with Gasteiger partial charge in [-0.25, -0.2) is 0 Å². The SMILES string of the molecule is O=C(Nc1nnc(C2CC2)s1)c1ccc2cc[nH]c2c1. The number of hydrogen-bond donors (Lipinski definition) is 2. The van der Waals surface area contributed by atoms with Gasteiger partial charge in [-0.05, 0) is 36.4 Å². The number of amides is 1. The van der Waals surface area contributed by atoms with E-state index in [9.17, 15) is 4.79 Å². The van der Waals surface area contributed by atoms with Gasteiger partial charge in [-0.1, -0.05) is 17.4 Å². The molecule has 0 spiro atoms. The standard InChI is InChI=1S/C14H12N4OS/c19-12(10-4-1-8-5-6-15-11(8)7-10)16-14-18-17-13(20-14)9-2-3-9/h1,4-7,9,15H,2-3H2,(H,16,18,19). The zero-order valence-electron chi connectivity index (χ0n) is 10.6. The number of rotatable bonds is 3. The monoisotopic (exact) mass is 284 g/mol. The van der Waals surface area contributed by atoms with Crippen molar-refractivity contribution in [1.82, 2.24) is 15.2 Å². The van der Waals surface area contributed by atoms with Crippen molar-refractivity contribution in [2.45, 2.75) is 18.8 Å². The van der Waals surface area contributed by atoms with E-state index >= 15 is 0 Å². The average Bonchev–Trinajstić information content (AvgIpc) is 3.02. The molecule has 2 heterocycles. The Hall–Kier alpha value is -2.21. The molecule has 6 heteroatoms. The summed E-state index contributed by atoms with van der Waals surface area (Å²) < 4.78 is 0. The predicted molar refractivity (Wildman–Crippen MR) is 78.1 cm³/mol. The molecule has 1 aromatic carbocycles. The van der Waals surface area contributed by atoms with Crippen LogP contribution in [0.4, 0.5) is 5.13 Å². The quantitative estimate of drug-likeness (QED) is 0.776. The van der Waals surface area contributed by atoms with E-state index in [0.717, 1.165) is 15.9 Å². The lowest BCUT2D eigenvalue weighted by atomic mass is 10.1. The highest BCUT2D eigenvalue weighted by atomic mass is 32.1. The van der Waals surface area contributed by atoms with Crippen LogP contribution in [0.2, 0.25) is 0 Å². The minimum Gasteiger partial charge on any atom is -0.361 e. The second-order valence-corrected chi connectivity index (χ2v) is 5.96. The zero-order valence-corrected chi connectivity index (χ0v) is 11.4. The summed E-state index contributed by atoms with van der Waals surface area (Å²) >= 11 is 1.47. The van der Waals surface area contributed by atoms with Crippen molar-refractivity contribution in [3.05, 3.63) is 41.0 Å². The van der Waals surface area contributed by atoms with Crippen LogP contribution in [0, 0.1) is 0 Å². The van der Waals surface area contributed by atoms with E-state index in [2.05, 4.69) is 20.5 Å². The first-order chi connectivity index (χ1) is 9.79. The summed E-state index contributed by atoms with van der Waals surface area (Å²) in [4.78, 5) is 15.3. The molecule has 2 aromatic heterocycles. The second-order valence-electron chi connectivity index (χ2n) is 4.95. The van der Waals surface area contributed by atoms with Gasteiger partial charge in [0, 0.05) is 23.2 Å². The lowest BCUT2D eigenvalue weighted by Crippen LogP contribution is -2.11. The van der Waals surface area contributed by atoms with E-state index in [1.165, 1.54) is 24.2 Å². The first-order valence-corrected chi connectivity index (χ1v) is 7.33. The van der Waals surface area contributed by atoms with Crippen molar-refractivity contribution in [3.63, 3.8) is 0 Å². The first-order valence-electron chi connectivity index (χ1n) is 6.51. The molecule has 0 saturated heterocycles. The molecule has 1 saturated carbocycles. The van der Waals surface area contributed by atoms with Gasteiger partial charge < -0.3 is 4.98 Å². The molecular formula is C14H12N4OS. The van der Waals surface area contributed by atoms with E-state index in [0.29, 0.717) is 16.6 Å². The number of H-pyrrole nitrogens is 1. The van der Waals surface area contributed by atoms with Crippen LogP contribution in [-0.2, 0) is 0 Å². The molecule has 5 nitrogen and oxygen atoms in total. The molecule has 0 atom stereocenters. The minimum absolute atomic E-state index is 0.153. The van der Waals surface area contributed by atoms with E-state index in [1.807, 2.05) is 30.5 Å². The normalized spacial score (nSPS) is 14.6. The van der Waals surface area contributed by atoms with Crippen molar-refractivity contribution < 1.29 is 4.79 Å². The number of nitrogens with zero attached hydrogens (tertiary/aromatic N) is 2. The van der Waals surface area contributed by atoms with Crippen LogP contribution in [0.15, 0.2) is 30.5 Å². The highest BCUT2D eigenvalue weighted by Crippen LogP contribution is 2.42. The molecule has 1 aliphatic rings. The number of anilines is 1. The van der Waals surface area contributed by atoms with Gasteiger partial charge in [-0.3, -0.25) is 10.1 Å². The molecule has 0 radical (unpaired) electrons. The van der Waals surface area contributed by atoms with Crippen LogP contribution >= 0.6 is 11.3 Å². The summed E-state index contributed by atoms with van der Waals surface area (Å²) in [5.74, 6) is 0.411. The maximum absolute atomic E-state index is 12.2. The molecular weight excluding hydrogens is 272 g/mol. The van der Waals surface area contributed by atoms with Crippen LogP contribution < -0.4 is 5.32 Å². The third-order valence-corrected chi connectivity index (χ3v) is 4.41. The van der Waals surface area contributed by atoms with Gasteiger partial charge in [-0.15, -0.1) is 10.2 Å². The number of aromatic amines is 1. The Morgan fingerprint density at radius 1 is 1.30 bits per heavy atom. The van der Waals surface area contributed by atoms with Crippen LogP contribution in [-0.4, -0.2) is 21.1 Å². The van der Waals surface area contributed by atoms with Gasteiger partial charge in [0.2, 0.25) is 5.13 Å². The smallest absolute Gasteiger partial charge is 0.257 e. The summed E-state index contributed by atoms with van der Waals surface area (Å²) in [7, 11) is 0. The number of benzene rings is 1. The Labute approximate surface area is 119 Å². The van der Waals surface area contributed by atoms with Crippen molar-refractivity contribution in [3.8, 4) is 0 Å². The summed E-state index contributed by atoms with van der Waals surface area (Å²) in [6.45, 7) is 0. The summed E-state index contributed by atoms with van der Waals surface area (Å²) in [5.41, 5.74) is 1.57. The molecule has 20 heavy (non-hydrogen) atoms. The van der Waals surface area contributed by atoms with Crippen molar-refractivity contribution in [1.29, 1.82) is 0 Å². The Balaban J connectivity index is 1.55. The Bertz CT molecular complexity index is 787. The highest BCUT2D eigenvalue weighted by molar-refractivity contribution is 7.15. The fourth-order valence-corrected chi connectivity index (χ4v) is 3.05. The maximum Gasteiger partial charge on any atom is 0.257 e. The summed E-state index contributed by atoms with van der Waals surface area (Å²) in [5, 5.41) is 13.6. The first kappa shape index (κ1) is 11.6. The van der Waals surface area contributed by atoms with Crippen LogP contribution in [0.3, 0.4) is 0 Å². The number of carbonyl (C=O) groups excluding carboxylic acids is 1. The van der Waals surface area contributed by atoms with Gasteiger partial charge in [0.25, 0.3) is 5.91 Å². The third-order valence-electron chi connectivity index (χ3n) is 3.40. The average molecular weight is 284 g/mol. The van der Waals surface area contributed by atoms with Gasteiger partial charge in [0.1, 0.15) is 5.01 Å². The van der Waals surface area contributed by atoms with E-state index < -0.39 is 0 Å². The van der Waals surface area contributed by atoms with Crippen LogP contribution in [0.5, 0.6) is 0 Å². The van der Waals surface area contributed by atoms with Gasteiger partial charge in [-0.2, -0.15) is 0 Å². The third kappa shape index (κ3) is 2.08. The van der Waals surface area contributed by atoms with E-state index in [1.54, 1.807) is 0 Å². The largest absolute Gasteiger partial charge is 0.361 e. The minimum atomic E-state index is -0.153. The molecule has 1 aliphatic carbocycles. The van der Waals surface area contributed by atoms with E-state index in [4.69, 9.17) is 0 Å². The van der Waals surface area contributed by atoms with Crippen molar-refractivity contribution >= 4 is 33.3 Å². The highest BCUT2D eigenvalue weighted by Gasteiger charge is 2.27. The molecule has 0 aliphatic heterocycles. The molecule has 1 amide bonds. The lowest BCUT2D eigenvalue weighted by Gasteiger charge is -2.01. The number of hydrogen-bond acceptors (Lipinski definition) is 4. The van der Waals surface area contributed by atoms with E-state index in [-0.39, 0.29) is 5.91 Å². The van der Waals surface area contributed by atoms with Gasteiger partial charge >= 0.3 is 0 Å². The number of nitrogens with one attached hydrogen (secondary N) is 2. The topological polar surface area (TPSA) is 70.7 Å². The maximum atomic E-state index is 12.2. The van der Waals surface area contributed by atoms with Crippen molar-refractivity contribution in [2.75, 3.05) is 5.32 Å². The molecule has 1 fully saturated rings. The van der Waals surface area contributed by atoms with Crippen LogP contribution in [0.1, 0.15) is 34.1 Å². The Kier molecular flexibility index (Phi) is 2.56. The second kappa shape index (κ2) is 4.42. The molecule has 0 unspecified atom stereocenters. The summed E-state index contributed by atoms with van der Waals surface area (Å²) in [6.07, 6.45) is 4.23. The van der Waals surface area contributed by atoms with Gasteiger partial charge in [0.05, 0.1) is 0 Å². The number of aromatic nitrogens is 3. The fraction of sp³-hybridized carbons (Fsp3) is 0.214. The number of fused-ring (bicyclic) bond motifs is 1. The lowest BCUT2D eigenvalue weighted by molar-refractivity contribution is 0.102. The van der Waals surface area contributed by atoms with Gasteiger partial charge in [0.15, 0.2) is 0 Å². The number of carbonyl (C=O) groups is 1. The molecule has 100 valence electrons. The molecule has 4 rings (SSSR count).